The highest BCUT2D eigenvalue weighted by Crippen LogP contribution is 2.78. The Morgan fingerprint density at radius 3 is 0.711 bits per heavy atom. The van der Waals surface area contributed by atoms with Gasteiger partial charge in [0.2, 0.25) is 0 Å². The van der Waals surface area contributed by atoms with E-state index in [9.17, 15) is 123 Å². The predicted molar refractivity (Wildman–Crippen MR) is 91.1 cm³/mol. The van der Waals surface area contributed by atoms with Crippen LogP contribution in [-0.2, 0) is 4.74 Å². The fourth-order valence-electron chi connectivity index (χ4n) is 5.36. The Bertz CT molecular complexity index is 740. The van der Waals surface area contributed by atoms with E-state index in [4.69, 9.17) is 0 Å². The van der Waals surface area contributed by atoms with Crippen LogP contribution in [0.15, 0.2) is 0 Å². The van der Waals surface area contributed by atoms with Crippen LogP contribution in [0.25, 0.3) is 0 Å². The number of ether oxygens (including phenoxy) is 1. The normalized spacial score (nSPS) is 23.4. The van der Waals surface area contributed by atoms with Gasteiger partial charge in [0.05, 0.1) is 6.61 Å². The van der Waals surface area contributed by atoms with Crippen molar-refractivity contribution in [2.75, 3.05) is 6.61 Å². The zero-order chi connectivity index (χ0) is 31.4. The van der Waals surface area contributed by atoms with Crippen molar-refractivity contribution < 1.29 is 127 Å². The van der Waals surface area contributed by atoms with Crippen LogP contribution < -0.4 is 0 Å². The molecule has 1 aliphatic rings. The van der Waals surface area contributed by atoms with E-state index >= 15 is 0 Å². The van der Waals surface area contributed by atoms with Gasteiger partial charge < -0.3 is 127 Å². The van der Waals surface area contributed by atoms with Crippen molar-refractivity contribution in [1.82, 2.24) is 0 Å². The number of aliphatic hydroxyl groups is 24. The molecule has 0 bridgehead atoms. The topological polar surface area (TPSA) is 495 Å². The largest absolute Gasteiger partial charge is 0.357 e. The fraction of sp³-hybridized carbons (Fsp3) is 1.00. The van der Waals surface area contributed by atoms with E-state index < -0.39 is 76.2 Å². The second kappa shape index (κ2) is 8.28. The van der Waals surface area contributed by atoms with Crippen molar-refractivity contribution in [3.8, 4) is 0 Å². The summed E-state index contributed by atoms with van der Waals surface area (Å²) in [5.41, 5.74) is -25.8. The molecule has 0 aliphatic carbocycles. The molecular weight excluding hydrogens is 556 g/mol. The monoisotopic (exact) mass is 582 g/mol. The molecule has 0 aromatic rings. The summed E-state index contributed by atoms with van der Waals surface area (Å²) >= 11 is 0. The second-order valence-electron chi connectivity index (χ2n) is 8.46. The third-order valence-corrected chi connectivity index (χ3v) is 6.34. The first-order chi connectivity index (χ1) is 16.0. The second-order valence-corrected chi connectivity index (χ2v) is 8.46. The molecule has 0 aromatic carbocycles. The number of rotatable bonds is 8. The van der Waals surface area contributed by atoms with E-state index in [1.165, 1.54) is 0 Å². The standard InChI is InChI=1S/C13H26O25/c14-6(15,16)2(7(17,18)19)1-38-5(12(32,33)34,13(35,36)37)4(10(26,27)28,11(29,30)31)3(2,8(20,21)22)9(23,24)25/h14-37H,1H2. The van der Waals surface area contributed by atoms with Crippen molar-refractivity contribution in [2.24, 2.45) is 16.2 Å². The summed E-state index contributed by atoms with van der Waals surface area (Å²) in [7, 11) is 0. The molecule has 0 aromatic heterocycles. The minimum Gasteiger partial charge on any atom is -0.357 e. The average Bonchev–Trinajstić information content (AvgIpc) is 2.51. The Labute approximate surface area is 204 Å². The van der Waals surface area contributed by atoms with Crippen LogP contribution in [0.5, 0.6) is 0 Å². The van der Waals surface area contributed by atoms with Crippen LogP contribution in [0, 0.1) is 16.2 Å². The molecule has 25 nitrogen and oxygen atoms in total. The van der Waals surface area contributed by atoms with E-state index in [0.717, 1.165) is 0 Å². The number of hydrogen-bond donors (Lipinski definition) is 24. The summed E-state index contributed by atoms with van der Waals surface area (Å²) in [4.78, 5) is 0. The molecule has 0 saturated carbocycles. The average molecular weight is 582 g/mol. The zero-order valence-electron chi connectivity index (χ0n) is 17.8. The lowest BCUT2D eigenvalue weighted by Gasteiger charge is -2.74. The summed E-state index contributed by atoms with van der Waals surface area (Å²) in [5.74, 6) is -49.3. The molecule has 0 amide bonds. The van der Waals surface area contributed by atoms with Crippen LogP contribution in [-0.4, -0.2) is 183 Å². The first-order valence-electron chi connectivity index (χ1n) is 8.96. The van der Waals surface area contributed by atoms with Crippen LogP contribution in [0.1, 0.15) is 0 Å². The Balaban J connectivity index is 5.31. The van der Waals surface area contributed by atoms with Gasteiger partial charge in [0, 0.05) is 0 Å². The van der Waals surface area contributed by atoms with Gasteiger partial charge in [-0.05, 0) is 0 Å². The lowest BCUT2D eigenvalue weighted by atomic mass is 9.37. The van der Waals surface area contributed by atoms with E-state index in [2.05, 4.69) is 4.74 Å². The van der Waals surface area contributed by atoms with Gasteiger partial charge in [-0.25, -0.2) is 0 Å². The Morgan fingerprint density at radius 1 is 0.316 bits per heavy atom. The molecule has 0 spiro atoms. The summed E-state index contributed by atoms with van der Waals surface area (Å²) < 4.78 is 3.89. The Kier molecular flexibility index (Phi) is 7.63. The van der Waals surface area contributed by atoms with Crippen molar-refractivity contribution in [1.29, 1.82) is 0 Å². The van der Waals surface area contributed by atoms with Gasteiger partial charge in [0.1, 0.15) is 0 Å². The quantitative estimate of drug-likeness (QED) is 0.118. The molecule has 1 aliphatic heterocycles. The van der Waals surface area contributed by atoms with Crippen molar-refractivity contribution >= 4 is 0 Å². The molecule has 1 fully saturated rings. The molecule has 1 heterocycles. The van der Waals surface area contributed by atoms with Gasteiger partial charge in [0.25, 0.3) is 41.4 Å². The SMILES string of the molecule is OC(O)(O)C1(C(O)(O)O)COC(C(O)(O)O)(C(O)(O)O)C(C(O)(O)O)(C(O)(O)O)C1(C(O)(O)O)C(O)(O)O. The third kappa shape index (κ3) is 3.67. The van der Waals surface area contributed by atoms with Gasteiger partial charge in [-0.2, -0.15) is 0 Å². The van der Waals surface area contributed by atoms with Crippen LogP contribution >= 0.6 is 0 Å². The molecule has 24 N–H and O–H groups in total. The molecule has 0 unspecified atom stereocenters. The summed E-state index contributed by atoms with van der Waals surface area (Å²) in [6.45, 7) is -3.33. The van der Waals surface area contributed by atoms with E-state index in [-0.39, 0.29) is 0 Å². The highest BCUT2D eigenvalue weighted by molar-refractivity contribution is 5.32. The molecule has 228 valence electrons. The first-order valence-corrected chi connectivity index (χ1v) is 8.96. The molecule has 1 saturated heterocycles. The van der Waals surface area contributed by atoms with Gasteiger partial charge in [-0.15, -0.1) is 0 Å². The molecule has 0 atom stereocenters. The maximum absolute atomic E-state index is 10.1. The van der Waals surface area contributed by atoms with Crippen LogP contribution in [0.3, 0.4) is 0 Å². The lowest BCUT2D eigenvalue weighted by molar-refractivity contribution is -0.709. The molecule has 0 radical (unpaired) electrons. The Morgan fingerprint density at radius 2 is 0.553 bits per heavy atom. The van der Waals surface area contributed by atoms with Crippen molar-refractivity contribution in [3.63, 3.8) is 0 Å². The van der Waals surface area contributed by atoms with Gasteiger partial charge in [-0.1, -0.05) is 0 Å². The van der Waals surface area contributed by atoms with E-state index in [1.807, 2.05) is 0 Å². The summed E-state index contributed by atoms with van der Waals surface area (Å²) in [5, 5.41) is 239. The first kappa shape index (κ1) is 35.0. The Hall–Kier alpha value is -1.00. The highest BCUT2D eigenvalue weighted by Gasteiger charge is 3.06. The zero-order valence-corrected chi connectivity index (χ0v) is 17.8. The smallest absolute Gasteiger partial charge is 0.316 e. The summed E-state index contributed by atoms with van der Waals surface area (Å²) in [6, 6.07) is 0. The minimum absolute atomic E-state index is 3.33. The molecule has 25 heteroatoms. The van der Waals surface area contributed by atoms with E-state index in [1.54, 1.807) is 0 Å². The minimum atomic E-state index is -6.88. The molecule has 1 rings (SSSR count). The van der Waals surface area contributed by atoms with E-state index in [0.29, 0.717) is 0 Å². The maximum Gasteiger partial charge on any atom is 0.316 e. The van der Waals surface area contributed by atoms with Crippen molar-refractivity contribution in [2.45, 2.75) is 53.4 Å². The maximum atomic E-state index is 10.1. The predicted octanol–water partition coefficient (Wildman–Crippen LogP) is -15.2. The number of hydrogen-bond acceptors (Lipinski definition) is 25. The van der Waals surface area contributed by atoms with Gasteiger partial charge in [-0.3, -0.25) is 0 Å². The van der Waals surface area contributed by atoms with Gasteiger partial charge >= 0.3 is 11.9 Å². The molecular formula is C13H26O25. The highest BCUT2D eigenvalue weighted by atomic mass is 16.8. The van der Waals surface area contributed by atoms with Crippen molar-refractivity contribution in [3.05, 3.63) is 0 Å². The van der Waals surface area contributed by atoms with Crippen LogP contribution in [0.4, 0.5) is 0 Å². The lowest BCUT2D eigenvalue weighted by Crippen LogP contribution is -3.01. The molecule has 38 heavy (non-hydrogen) atoms. The van der Waals surface area contributed by atoms with Crippen LogP contribution in [0.2, 0.25) is 0 Å². The van der Waals surface area contributed by atoms with Gasteiger partial charge in [0.15, 0.2) is 16.2 Å². The summed E-state index contributed by atoms with van der Waals surface area (Å²) in [6.07, 6.45) is 0. The third-order valence-electron chi connectivity index (χ3n) is 6.34. The fourth-order valence-corrected chi connectivity index (χ4v) is 5.36.